The normalized spacial score (nSPS) is 9.87. The standard InChI is InChI=1S/C15H20N2O6/c1-16-13(18)9-23-11-5-4-10(8-12(11)22-3)15(21)17(2)7-6-14(19)20/h4-5,8H,6-7,9H2,1-3H3,(H,16,18)(H,19,20). The van der Waals surface area contributed by atoms with Crippen molar-refractivity contribution in [1.82, 2.24) is 10.2 Å². The zero-order valence-corrected chi connectivity index (χ0v) is 13.3. The Morgan fingerprint density at radius 3 is 2.52 bits per heavy atom. The molecule has 1 aromatic carbocycles. The average molecular weight is 324 g/mol. The van der Waals surface area contributed by atoms with Crippen molar-refractivity contribution in [3.8, 4) is 11.5 Å². The van der Waals surface area contributed by atoms with Crippen LogP contribution in [0.5, 0.6) is 11.5 Å². The van der Waals surface area contributed by atoms with Crippen LogP contribution in [0.3, 0.4) is 0 Å². The maximum atomic E-state index is 12.2. The van der Waals surface area contributed by atoms with E-state index in [0.29, 0.717) is 17.1 Å². The quantitative estimate of drug-likeness (QED) is 0.715. The second kappa shape index (κ2) is 8.62. The highest BCUT2D eigenvalue weighted by Gasteiger charge is 2.16. The van der Waals surface area contributed by atoms with Crippen molar-refractivity contribution in [3.05, 3.63) is 23.8 Å². The maximum absolute atomic E-state index is 12.2. The summed E-state index contributed by atoms with van der Waals surface area (Å²) < 4.78 is 10.5. The number of aliphatic carboxylic acids is 1. The number of carboxylic acid groups (broad SMARTS) is 1. The zero-order chi connectivity index (χ0) is 17.4. The summed E-state index contributed by atoms with van der Waals surface area (Å²) >= 11 is 0. The molecule has 0 heterocycles. The third kappa shape index (κ3) is 5.50. The Labute approximate surface area is 134 Å². The van der Waals surface area contributed by atoms with Gasteiger partial charge in [-0.15, -0.1) is 0 Å². The first-order valence-corrected chi connectivity index (χ1v) is 6.87. The Hall–Kier alpha value is -2.77. The van der Waals surface area contributed by atoms with Crippen LogP contribution in [0, 0.1) is 0 Å². The molecule has 23 heavy (non-hydrogen) atoms. The molecule has 0 spiro atoms. The van der Waals surface area contributed by atoms with Gasteiger partial charge in [0.05, 0.1) is 13.5 Å². The van der Waals surface area contributed by atoms with Crippen LogP contribution in [0.25, 0.3) is 0 Å². The predicted molar refractivity (Wildman–Crippen MR) is 81.8 cm³/mol. The summed E-state index contributed by atoms with van der Waals surface area (Å²) in [5.74, 6) is -0.949. The highest BCUT2D eigenvalue weighted by atomic mass is 16.5. The summed E-state index contributed by atoms with van der Waals surface area (Å²) in [6.45, 7) is -0.0654. The van der Waals surface area contributed by atoms with E-state index in [-0.39, 0.29) is 31.4 Å². The van der Waals surface area contributed by atoms with Crippen LogP contribution in [-0.2, 0) is 9.59 Å². The van der Waals surface area contributed by atoms with Crippen LogP contribution < -0.4 is 14.8 Å². The molecule has 0 saturated carbocycles. The number of benzene rings is 1. The Balaban J connectivity index is 2.83. The molecule has 0 aliphatic carbocycles. The van der Waals surface area contributed by atoms with Gasteiger partial charge in [0.15, 0.2) is 18.1 Å². The number of hydrogen-bond acceptors (Lipinski definition) is 5. The molecule has 2 amide bonds. The number of likely N-dealkylation sites (N-methyl/N-ethyl adjacent to an activating group) is 1. The molecule has 0 atom stereocenters. The Morgan fingerprint density at radius 2 is 1.96 bits per heavy atom. The molecule has 1 aromatic rings. The number of carboxylic acids is 1. The first-order valence-electron chi connectivity index (χ1n) is 6.87. The Morgan fingerprint density at radius 1 is 1.26 bits per heavy atom. The lowest BCUT2D eigenvalue weighted by Crippen LogP contribution is -2.29. The second-order valence-corrected chi connectivity index (χ2v) is 4.70. The molecule has 0 aliphatic rings. The van der Waals surface area contributed by atoms with Gasteiger partial charge in [0.2, 0.25) is 0 Å². The Bertz CT molecular complexity index is 587. The summed E-state index contributed by atoms with van der Waals surface area (Å²) in [6, 6.07) is 4.54. The molecule has 2 N–H and O–H groups in total. The van der Waals surface area contributed by atoms with Crippen molar-refractivity contribution < 1.29 is 29.0 Å². The van der Waals surface area contributed by atoms with Gasteiger partial charge in [-0.25, -0.2) is 0 Å². The number of carbonyl (C=O) groups excluding carboxylic acids is 2. The second-order valence-electron chi connectivity index (χ2n) is 4.70. The minimum Gasteiger partial charge on any atom is -0.493 e. The molecule has 0 radical (unpaired) electrons. The van der Waals surface area contributed by atoms with Crippen LogP contribution in [-0.4, -0.2) is 62.1 Å². The zero-order valence-electron chi connectivity index (χ0n) is 13.3. The van der Waals surface area contributed by atoms with Gasteiger partial charge >= 0.3 is 5.97 Å². The van der Waals surface area contributed by atoms with Crippen LogP contribution in [0.2, 0.25) is 0 Å². The van der Waals surface area contributed by atoms with Crippen molar-refractivity contribution in [2.75, 3.05) is 34.4 Å². The highest BCUT2D eigenvalue weighted by molar-refractivity contribution is 5.95. The molecule has 1 rings (SSSR count). The number of ether oxygens (including phenoxy) is 2. The maximum Gasteiger partial charge on any atom is 0.305 e. The van der Waals surface area contributed by atoms with Gasteiger partial charge < -0.3 is 24.8 Å². The summed E-state index contributed by atoms with van der Waals surface area (Å²) in [4.78, 5) is 35.3. The molecule has 0 aliphatic heterocycles. The molecule has 0 bridgehead atoms. The predicted octanol–water partition coefficient (Wildman–Crippen LogP) is 0.367. The van der Waals surface area contributed by atoms with Crippen LogP contribution >= 0.6 is 0 Å². The number of methoxy groups -OCH3 is 1. The molecular formula is C15H20N2O6. The van der Waals surface area contributed by atoms with Gasteiger partial charge in [-0.1, -0.05) is 0 Å². The number of amides is 2. The van der Waals surface area contributed by atoms with Gasteiger partial charge in [-0.2, -0.15) is 0 Å². The van der Waals surface area contributed by atoms with Crippen molar-refractivity contribution >= 4 is 17.8 Å². The number of nitrogens with zero attached hydrogens (tertiary/aromatic N) is 1. The van der Waals surface area contributed by atoms with Crippen molar-refractivity contribution in [3.63, 3.8) is 0 Å². The molecule has 0 unspecified atom stereocenters. The lowest BCUT2D eigenvalue weighted by molar-refractivity contribution is -0.137. The fraction of sp³-hybridized carbons (Fsp3) is 0.400. The fourth-order valence-corrected chi connectivity index (χ4v) is 1.72. The van der Waals surface area contributed by atoms with Crippen LogP contribution in [0.15, 0.2) is 18.2 Å². The minimum atomic E-state index is -0.972. The topological polar surface area (TPSA) is 105 Å². The number of carbonyl (C=O) groups is 3. The summed E-state index contributed by atoms with van der Waals surface area (Å²) in [5, 5.41) is 11.1. The fourth-order valence-electron chi connectivity index (χ4n) is 1.72. The smallest absolute Gasteiger partial charge is 0.305 e. The Kier molecular flexibility index (Phi) is 6.85. The van der Waals surface area contributed by atoms with E-state index in [0.717, 1.165) is 0 Å². The van der Waals surface area contributed by atoms with Gasteiger partial charge in [0, 0.05) is 26.2 Å². The van der Waals surface area contributed by atoms with Gasteiger partial charge in [-0.05, 0) is 18.2 Å². The molecular weight excluding hydrogens is 304 g/mol. The van der Waals surface area contributed by atoms with E-state index in [4.69, 9.17) is 14.6 Å². The number of nitrogens with one attached hydrogen (secondary N) is 1. The van der Waals surface area contributed by atoms with E-state index >= 15 is 0 Å². The first kappa shape index (κ1) is 18.3. The monoisotopic (exact) mass is 324 g/mol. The lowest BCUT2D eigenvalue weighted by atomic mass is 10.1. The number of hydrogen-bond donors (Lipinski definition) is 2. The van der Waals surface area contributed by atoms with Crippen LogP contribution in [0.4, 0.5) is 0 Å². The summed E-state index contributed by atoms with van der Waals surface area (Å²) in [7, 11) is 4.44. The molecule has 0 saturated heterocycles. The molecule has 126 valence electrons. The highest BCUT2D eigenvalue weighted by Crippen LogP contribution is 2.28. The number of rotatable bonds is 8. The van der Waals surface area contributed by atoms with E-state index in [9.17, 15) is 14.4 Å². The molecule has 8 nitrogen and oxygen atoms in total. The van der Waals surface area contributed by atoms with E-state index in [1.807, 2.05) is 0 Å². The van der Waals surface area contributed by atoms with Crippen molar-refractivity contribution in [2.45, 2.75) is 6.42 Å². The minimum absolute atomic E-state index is 0.103. The van der Waals surface area contributed by atoms with E-state index < -0.39 is 5.97 Å². The van der Waals surface area contributed by atoms with Crippen molar-refractivity contribution in [2.24, 2.45) is 0 Å². The van der Waals surface area contributed by atoms with Crippen LogP contribution in [0.1, 0.15) is 16.8 Å². The van der Waals surface area contributed by atoms with Gasteiger partial charge in [-0.3, -0.25) is 14.4 Å². The molecule has 0 aromatic heterocycles. The molecule has 0 fully saturated rings. The largest absolute Gasteiger partial charge is 0.493 e. The van der Waals surface area contributed by atoms with E-state index in [1.165, 1.54) is 44.3 Å². The SMILES string of the molecule is CNC(=O)COc1ccc(C(=O)N(C)CCC(=O)O)cc1OC. The summed E-state index contributed by atoms with van der Waals surface area (Å²) in [6.07, 6.45) is -0.132. The van der Waals surface area contributed by atoms with E-state index in [1.54, 1.807) is 0 Å². The van der Waals surface area contributed by atoms with Gasteiger partial charge in [0.25, 0.3) is 11.8 Å². The van der Waals surface area contributed by atoms with Crippen molar-refractivity contribution in [1.29, 1.82) is 0 Å². The lowest BCUT2D eigenvalue weighted by Gasteiger charge is -2.17. The van der Waals surface area contributed by atoms with Gasteiger partial charge in [0.1, 0.15) is 0 Å². The average Bonchev–Trinajstić information content (AvgIpc) is 2.56. The summed E-state index contributed by atoms with van der Waals surface area (Å²) in [5.41, 5.74) is 0.335. The third-order valence-electron chi connectivity index (χ3n) is 3.06. The van der Waals surface area contributed by atoms with E-state index in [2.05, 4.69) is 5.32 Å². The third-order valence-corrected chi connectivity index (χ3v) is 3.06. The first-order chi connectivity index (χ1) is 10.9. The molecule has 8 heteroatoms.